The predicted octanol–water partition coefficient (Wildman–Crippen LogP) is 1.88. The molecule has 3 rings (SSSR count). The summed E-state index contributed by atoms with van der Waals surface area (Å²) in [4.78, 5) is 12.5. The summed E-state index contributed by atoms with van der Waals surface area (Å²) in [6, 6.07) is 8.61. The summed E-state index contributed by atoms with van der Waals surface area (Å²) >= 11 is 0. The van der Waals surface area contributed by atoms with Crippen molar-refractivity contribution in [3.63, 3.8) is 0 Å². The number of guanidine groups is 1. The van der Waals surface area contributed by atoms with Gasteiger partial charge < -0.3 is 25.0 Å². The third-order valence-electron chi connectivity index (χ3n) is 6.39. The summed E-state index contributed by atoms with van der Waals surface area (Å²) in [5.74, 6) is 1.78. The molecule has 33 heavy (non-hydrogen) atoms. The molecule has 2 N–H and O–H groups in total. The van der Waals surface area contributed by atoms with Crippen LogP contribution in [0.3, 0.4) is 0 Å². The van der Waals surface area contributed by atoms with Crippen LogP contribution in [0.25, 0.3) is 0 Å². The van der Waals surface area contributed by atoms with Gasteiger partial charge >= 0.3 is 0 Å². The van der Waals surface area contributed by atoms with Crippen LogP contribution in [0.5, 0.6) is 5.75 Å². The Morgan fingerprint density at radius 3 is 2.27 bits per heavy atom. The Morgan fingerprint density at radius 1 is 1.00 bits per heavy atom. The highest BCUT2D eigenvalue weighted by molar-refractivity contribution is 14.0. The van der Waals surface area contributed by atoms with Crippen molar-refractivity contribution in [1.29, 1.82) is 0 Å². The summed E-state index contributed by atoms with van der Waals surface area (Å²) in [6.45, 7) is 17.1. The monoisotopic (exact) mass is 574 g/mol. The average molecular weight is 575 g/mol. The molecule has 0 saturated carbocycles. The Bertz CT molecular complexity index is 676. The number of hydrogen-bond donors (Lipinski definition) is 2. The lowest BCUT2D eigenvalue weighted by Crippen LogP contribution is -2.49. The number of methoxy groups -OCH3 is 1. The molecule has 1 atom stereocenters. The van der Waals surface area contributed by atoms with E-state index in [1.165, 1.54) is 18.7 Å². The van der Waals surface area contributed by atoms with Gasteiger partial charge in [-0.3, -0.25) is 14.8 Å². The van der Waals surface area contributed by atoms with Crippen molar-refractivity contribution in [2.45, 2.75) is 19.9 Å². The van der Waals surface area contributed by atoms with E-state index in [0.717, 1.165) is 77.3 Å². The second-order valence-electron chi connectivity index (χ2n) is 8.36. The summed E-state index contributed by atoms with van der Waals surface area (Å²) in [6.07, 6.45) is 0. The maximum absolute atomic E-state index is 5.58. The number of benzene rings is 1. The van der Waals surface area contributed by atoms with Crippen LogP contribution in [0.15, 0.2) is 29.3 Å². The van der Waals surface area contributed by atoms with Gasteiger partial charge in [0.25, 0.3) is 0 Å². The molecule has 9 heteroatoms. The molecule has 0 spiro atoms. The first-order chi connectivity index (χ1) is 15.7. The van der Waals surface area contributed by atoms with E-state index in [9.17, 15) is 0 Å². The first-order valence-electron chi connectivity index (χ1n) is 12.2. The molecule has 0 bridgehead atoms. The van der Waals surface area contributed by atoms with Gasteiger partial charge in [-0.05, 0) is 31.2 Å². The summed E-state index contributed by atoms with van der Waals surface area (Å²) in [5, 5.41) is 6.96. The molecule has 1 unspecified atom stereocenters. The highest BCUT2D eigenvalue weighted by Crippen LogP contribution is 2.24. The molecule has 2 saturated heterocycles. The van der Waals surface area contributed by atoms with Crippen LogP contribution in [0, 0.1) is 0 Å². The van der Waals surface area contributed by atoms with Crippen molar-refractivity contribution < 1.29 is 9.47 Å². The maximum Gasteiger partial charge on any atom is 0.191 e. The van der Waals surface area contributed by atoms with Crippen LogP contribution in [0.4, 0.5) is 0 Å². The van der Waals surface area contributed by atoms with Crippen molar-refractivity contribution in [2.24, 2.45) is 4.99 Å². The molecule has 2 heterocycles. The smallest absolute Gasteiger partial charge is 0.191 e. The number of rotatable bonds is 10. The fourth-order valence-corrected chi connectivity index (χ4v) is 4.33. The molecule has 0 radical (unpaired) electrons. The number of halogens is 1. The second-order valence-corrected chi connectivity index (χ2v) is 8.36. The molecular formula is C24H43IN6O2. The van der Waals surface area contributed by atoms with Gasteiger partial charge in [-0.25, -0.2) is 0 Å². The molecule has 2 aliphatic rings. The van der Waals surface area contributed by atoms with Gasteiger partial charge in [0.1, 0.15) is 5.75 Å². The molecule has 1 aromatic carbocycles. The van der Waals surface area contributed by atoms with Gasteiger partial charge in [0.05, 0.1) is 32.9 Å². The topological polar surface area (TPSA) is 64.6 Å². The zero-order valence-electron chi connectivity index (χ0n) is 20.6. The van der Waals surface area contributed by atoms with Gasteiger partial charge in [-0.15, -0.1) is 24.0 Å². The SMILES string of the molecule is CCNC(=NCC(c1ccc(OC)cc1)N1CCOCC1)NCCN1CCN(CC)CC1.I. The highest BCUT2D eigenvalue weighted by Gasteiger charge is 2.23. The predicted molar refractivity (Wildman–Crippen MR) is 146 cm³/mol. The molecule has 2 fully saturated rings. The molecule has 0 aliphatic carbocycles. The van der Waals surface area contributed by atoms with E-state index in [-0.39, 0.29) is 30.0 Å². The number of likely N-dealkylation sites (N-methyl/N-ethyl adjacent to an activating group) is 1. The number of nitrogens with zero attached hydrogens (tertiary/aromatic N) is 4. The molecule has 1 aromatic rings. The van der Waals surface area contributed by atoms with Crippen molar-refractivity contribution in [3.05, 3.63) is 29.8 Å². The summed E-state index contributed by atoms with van der Waals surface area (Å²) in [5.41, 5.74) is 1.26. The third kappa shape index (κ3) is 9.20. The van der Waals surface area contributed by atoms with Crippen molar-refractivity contribution >= 4 is 29.9 Å². The first-order valence-corrected chi connectivity index (χ1v) is 12.2. The quantitative estimate of drug-likeness (QED) is 0.252. The van der Waals surface area contributed by atoms with Crippen LogP contribution in [0.1, 0.15) is 25.5 Å². The lowest BCUT2D eigenvalue weighted by atomic mass is 10.0. The van der Waals surface area contributed by atoms with E-state index in [0.29, 0.717) is 6.54 Å². The van der Waals surface area contributed by atoms with Crippen LogP contribution >= 0.6 is 24.0 Å². The standard InChI is InChI=1S/C24H42N6O2.HI/c1-4-25-24(26-10-11-29-14-12-28(5-2)13-15-29)27-20-23(30-16-18-32-19-17-30)21-6-8-22(31-3)9-7-21;/h6-9,23H,4-5,10-20H2,1-3H3,(H2,25,26,27);1H. The number of piperazine rings is 1. The van der Waals surface area contributed by atoms with E-state index in [2.05, 4.69) is 51.3 Å². The Hall–Kier alpha value is -1.14. The molecular weight excluding hydrogens is 531 g/mol. The third-order valence-corrected chi connectivity index (χ3v) is 6.39. The van der Waals surface area contributed by atoms with Crippen LogP contribution < -0.4 is 15.4 Å². The first kappa shape index (κ1) is 28.1. The molecule has 8 nitrogen and oxygen atoms in total. The number of aliphatic imine (C=N–C) groups is 1. The molecule has 0 amide bonds. The molecule has 0 aromatic heterocycles. The number of nitrogens with one attached hydrogen (secondary N) is 2. The fourth-order valence-electron chi connectivity index (χ4n) is 4.33. The van der Waals surface area contributed by atoms with E-state index >= 15 is 0 Å². The minimum absolute atomic E-state index is 0. The van der Waals surface area contributed by atoms with E-state index in [1.54, 1.807) is 7.11 Å². The fraction of sp³-hybridized carbons (Fsp3) is 0.708. The Balaban J connectivity index is 0.00000385. The average Bonchev–Trinajstić information content (AvgIpc) is 2.85. The zero-order valence-corrected chi connectivity index (χ0v) is 22.9. The highest BCUT2D eigenvalue weighted by atomic mass is 127. The van der Waals surface area contributed by atoms with Gasteiger partial charge in [0, 0.05) is 58.9 Å². The lowest BCUT2D eigenvalue weighted by molar-refractivity contribution is 0.0179. The molecule has 188 valence electrons. The van der Waals surface area contributed by atoms with E-state index < -0.39 is 0 Å². The van der Waals surface area contributed by atoms with Crippen LogP contribution in [0.2, 0.25) is 0 Å². The van der Waals surface area contributed by atoms with E-state index in [4.69, 9.17) is 14.5 Å². The summed E-state index contributed by atoms with van der Waals surface area (Å²) < 4.78 is 10.9. The number of morpholine rings is 1. The van der Waals surface area contributed by atoms with Gasteiger partial charge in [-0.2, -0.15) is 0 Å². The maximum atomic E-state index is 5.58. The van der Waals surface area contributed by atoms with Gasteiger partial charge in [-0.1, -0.05) is 19.1 Å². The van der Waals surface area contributed by atoms with Crippen molar-refractivity contribution in [2.75, 3.05) is 92.3 Å². The Kier molecular flexibility index (Phi) is 13.4. The summed E-state index contributed by atoms with van der Waals surface area (Å²) in [7, 11) is 1.71. The molecule has 2 aliphatic heterocycles. The lowest BCUT2D eigenvalue weighted by Gasteiger charge is -2.34. The zero-order chi connectivity index (χ0) is 22.6. The van der Waals surface area contributed by atoms with Crippen molar-refractivity contribution in [1.82, 2.24) is 25.3 Å². The van der Waals surface area contributed by atoms with Gasteiger partial charge in [0.2, 0.25) is 0 Å². The van der Waals surface area contributed by atoms with Crippen LogP contribution in [-0.2, 0) is 4.74 Å². The van der Waals surface area contributed by atoms with Gasteiger partial charge in [0.15, 0.2) is 5.96 Å². The normalized spacial score (nSPS) is 19.5. The van der Waals surface area contributed by atoms with E-state index in [1.807, 2.05) is 12.1 Å². The van der Waals surface area contributed by atoms with Crippen LogP contribution in [-0.4, -0.2) is 113 Å². The number of ether oxygens (including phenoxy) is 2. The number of hydrogen-bond acceptors (Lipinski definition) is 6. The largest absolute Gasteiger partial charge is 0.497 e. The Morgan fingerprint density at radius 2 is 1.67 bits per heavy atom. The second kappa shape index (κ2) is 15.7. The minimum Gasteiger partial charge on any atom is -0.497 e. The Labute approximate surface area is 217 Å². The van der Waals surface area contributed by atoms with Crippen molar-refractivity contribution in [3.8, 4) is 5.75 Å². The minimum atomic E-state index is 0.